The van der Waals surface area contributed by atoms with Crippen LogP contribution in [0.25, 0.3) is 0 Å². The van der Waals surface area contributed by atoms with Gasteiger partial charge in [0.2, 0.25) is 0 Å². The molecule has 84 valence electrons. The summed E-state index contributed by atoms with van der Waals surface area (Å²) in [6.45, 7) is 0. The molecule has 0 saturated carbocycles. The molecule has 0 aliphatic rings. The summed E-state index contributed by atoms with van der Waals surface area (Å²) in [7, 11) is 0. The van der Waals surface area contributed by atoms with Crippen molar-refractivity contribution >= 4 is 11.6 Å². The average molecular weight is 235 g/mol. The number of unbranched alkanes of at least 4 members (excludes halogenated alkanes) is 1. The van der Waals surface area contributed by atoms with Gasteiger partial charge in [-0.2, -0.15) is 0 Å². The van der Waals surface area contributed by atoms with Crippen LogP contribution in [0.3, 0.4) is 0 Å². The lowest BCUT2D eigenvalue weighted by Gasteiger charge is -2.01. The van der Waals surface area contributed by atoms with E-state index in [0.717, 1.165) is 17.9 Å². The van der Waals surface area contributed by atoms with Crippen LogP contribution in [0.5, 0.6) is 0 Å². The number of rotatable bonds is 5. The van der Waals surface area contributed by atoms with Crippen LogP contribution < -0.4 is 0 Å². The first-order chi connectivity index (χ1) is 7.84. The number of aromatic nitrogens is 2. The zero-order valence-corrected chi connectivity index (χ0v) is 9.87. The highest BCUT2D eigenvalue weighted by Gasteiger charge is 1.96. The van der Waals surface area contributed by atoms with Crippen LogP contribution in [-0.4, -0.2) is 9.97 Å². The number of H-pyrrole nitrogens is 1. The molecule has 1 N–H and O–H groups in total. The summed E-state index contributed by atoms with van der Waals surface area (Å²) in [5.41, 5.74) is 2.57. The molecule has 0 bridgehead atoms. The molecule has 2 nitrogen and oxygen atoms in total. The van der Waals surface area contributed by atoms with E-state index >= 15 is 0 Å². The molecule has 0 unspecified atom stereocenters. The zero-order valence-electron chi connectivity index (χ0n) is 9.12. The van der Waals surface area contributed by atoms with E-state index in [4.69, 9.17) is 11.6 Å². The first-order valence-corrected chi connectivity index (χ1v) is 5.94. The van der Waals surface area contributed by atoms with Crippen molar-refractivity contribution in [2.75, 3.05) is 0 Å². The Balaban J connectivity index is 1.70. The van der Waals surface area contributed by atoms with Crippen LogP contribution in [0.2, 0.25) is 5.02 Å². The molecule has 0 spiro atoms. The van der Waals surface area contributed by atoms with Crippen LogP contribution >= 0.6 is 11.6 Å². The van der Waals surface area contributed by atoms with E-state index in [0.29, 0.717) is 0 Å². The van der Waals surface area contributed by atoms with Crippen LogP contribution in [0.15, 0.2) is 36.8 Å². The summed E-state index contributed by atoms with van der Waals surface area (Å²) in [5, 5.41) is 0.807. The second-order valence-electron chi connectivity index (χ2n) is 3.91. The maximum atomic E-state index is 5.83. The van der Waals surface area contributed by atoms with Crippen molar-refractivity contribution in [2.24, 2.45) is 0 Å². The van der Waals surface area contributed by atoms with Crippen molar-refractivity contribution in [1.82, 2.24) is 9.97 Å². The topological polar surface area (TPSA) is 28.7 Å². The molecule has 0 radical (unpaired) electrons. The third kappa shape index (κ3) is 3.38. The van der Waals surface area contributed by atoms with Gasteiger partial charge in [-0.3, -0.25) is 0 Å². The average Bonchev–Trinajstić information content (AvgIpc) is 2.80. The highest BCUT2D eigenvalue weighted by molar-refractivity contribution is 6.30. The molecule has 0 atom stereocenters. The minimum absolute atomic E-state index is 0.807. The summed E-state index contributed by atoms with van der Waals surface area (Å²) < 4.78 is 0. The minimum Gasteiger partial charge on any atom is -0.348 e. The zero-order chi connectivity index (χ0) is 11.2. The van der Waals surface area contributed by atoms with Crippen LogP contribution in [0, 0.1) is 0 Å². The molecule has 0 amide bonds. The Bertz CT molecular complexity index is 406. The Labute approximate surface area is 101 Å². The van der Waals surface area contributed by atoms with Gasteiger partial charge in [0.15, 0.2) is 0 Å². The van der Waals surface area contributed by atoms with Gasteiger partial charge in [-0.15, -0.1) is 0 Å². The molecule has 2 rings (SSSR count). The number of imidazole rings is 1. The number of aromatic amines is 1. The minimum atomic E-state index is 0.807. The second-order valence-corrected chi connectivity index (χ2v) is 4.35. The molecule has 1 aromatic carbocycles. The third-order valence-electron chi connectivity index (χ3n) is 2.63. The van der Waals surface area contributed by atoms with E-state index < -0.39 is 0 Å². The van der Waals surface area contributed by atoms with Gasteiger partial charge < -0.3 is 4.98 Å². The summed E-state index contributed by atoms with van der Waals surface area (Å²) in [6, 6.07) is 8.09. The first-order valence-electron chi connectivity index (χ1n) is 5.56. The normalized spacial score (nSPS) is 10.6. The second kappa shape index (κ2) is 5.71. The highest BCUT2D eigenvalue weighted by atomic mass is 35.5. The number of hydrogen-bond acceptors (Lipinski definition) is 1. The Morgan fingerprint density at radius 3 is 2.50 bits per heavy atom. The standard InChI is InChI=1S/C13H15ClN2/c14-12-7-5-11(6-8-12)3-1-2-4-13-9-15-10-16-13/h5-10H,1-4H2,(H,15,16). The molecule has 0 aliphatic heterocycles. The lowest BCUT2D eigenvalue weighted by atomic mass is 10.1. The van der Waals surface area contributed by atoms with Gasteiger partial charge in [-0.25, -0.2) is 4.98 Å². The van der Waals surface area contributed by atoms with Gasteiger partial charge >= 0.3 is 0 Å². The molecule has 0 fully saturated rings. The molecule has 0 aliphatic carbocycles. The number of halogens is 1. The van der Waals surface area contributed by atoms with Crippen molar-refractivity contribution < 1.29 is 0 Å². The maximum absolute atomic E-state index is 5.83. The number of aryl methyl sites for hydroxylation is 2. The smallest absolute Gasteiger partial charge is 0.0921 e. The van der Waals surface area contributed by atoms with Crippen molar-refractivity contribution in [3.05, 3.63) is 53.1 Å². The van der Waals surface area contributed by atoms with Gasteiger partial charge in [0.1, 0.15) is 0 Å². The summed E-state index contributed by atoms with van der Waals surface area (Å²) in [4.78, 5) is 7.11. The SMILES string of the molecule is Clc1ccc(CCCCc2cnc[nH]2)cc1. The molecule has 1 aromatic heterocycles. The number of hydrogen-bond donors (Lipinski definition) is 1. The summed E-state index contributed by atoms with van der Waals surface area (Å²) >= 11 is 5.83. The number of nitrogens with zero attached hydrogens (tertiary/aromatic N) is 1. The van der Waals surface area contributed by atoms with E-state index in [-0.39, 0.29) is 0 Å². The molecular formula is C13H15ClN2. The predicted molar refractivity (Wildman–Crippen MR) is 66.7 cm³/mol. The lowest BCUT2D eigenvalue weighted by Crippen LogP contribution is -1.89. The Morgan fingerprint density at radius 1 is 1.06 bits per heavy atom. The van der Waals surface area contributed by atoms with Crippen LogP contribution in [-0.2, 0) is 12.8 Å². The molecule has 0 saturated heterocycles. The first kappa shape index (κ1) is 11.2. The molecular weight excluding hydrogens is 220 g/mol. The lowest BCUT2D eigenvalue weighted by molar-refractivity contribution is 0.725. The van der Waals surface area contributed by atoms with Crippen molar-refractivity contribution in [3.63, 3.8) is 0 Å². The monoisotopic (exact) mass is 234 g/mol. The van der Waals surface area contributed by atoms with Gasteiger partial charge in [0, 0.05) is 16.9 Å². The summed E-state index contributed by atoms with van der Waals surface area (Å²) in [6.07, 6.45) is 8.20. The number of benzene rings is 1. The fraction of sp³-hybridized carbons (Fsp3) is 0.308. The van der Waals surface area contributed by atoms with Gasteiger partial charge in [-0.1, -0.05) is 23.7 Å². The van der Waals surface area contributed by atoms with Gasteiger partial charge in [0.25, 0.3) is 0 Å². The van der Waals surface area contributed by atoms with Crippen molar-refractivity contribution in [1.29, 1.82) is 0 Å². The largest absolute Gasteiger partial charge is 0.348 e. The van der Waals surface area contributed by atoms with Crippen molar-refractivity contribution in [3.8, 4) is 0 Å². The van der Waals surface area contributed by atoms with Gasteiger partial charge in [0.05, 0.1) is 6.33 Å². The van der Waals surface area contributed by atoms with E-state index in [9.17, 15) is 0 Å². The Hall–Kier alpha value is -1.28. The van der Waals surface area contributed by atoms with E-state index in [1.807, 2.05) is 18.3 Å². The highest BCUT2D eigenvalue weighted by Crippen LogP contribution is 2.12. The molecule has 2 aromatic rings. The third-order valence-corrected chi connectivity index (χ3v) is 2.88. The van der Waals surface area contributed by atoms with Crippen LogP contribution in [0.1, 0.15) is 24.1 Å². The molecule has 3 heteroatoms. The maximum Gasteiger partial charge on any atom is 0.0921 e. The van der Waals surface area contributed by atoms with E-state index in [1.165, 1.54) is 24.1 Å². The molecule has 1 heterocycles. The summed E-state index contributed by atoms with van der Waals surface area (Å²) in [5.74, 6) is 0. The fourth-order valence-electron chi connectivity index (χ4n) is 1.72. The van der Waals surface area contributed by atoms with Crippen molar-refractivity contribution in [2.45, 2.75) is 25.7 Å². The quantitative estimate of drug-likeness (QED) is 0.787. The number of nitrogens with one attached hydrogen (secondary N) is 1. The Kier molecular flexibility index (Phi) is 4.00. The van der Waals surface area contributed by atoms with E-state index in [1.54, 1.807) is 6.33 Å². The molecule has 16 heavy (non-hydrogen) atoms. The predicted octanol–water partition coefficient (Wildman–Crippen LogP) is 3.63. The van der Waals surface area contributed by atoms with Crippen LogP contribution in [0.4, 0.5) is 0 Å². The van der Waals surface area contributed by atoms with E-state index in [2.05, 4.69) is 22.1 Å². The Morgan fingerprint density at radius 2 is 1.81 bits per heavy atom. The fourth-order valence-corrected chi connectivity index (χ4v) is 1.84. The van der Waals surface area contributed by atoms with Gasteiger partial charge in [-0.05, 0) is 43.4 Å².